The Labute approximate surface area is 173 Å². The predicted octanol–water partition coefficient (Wildman–Crippen LogP) is 1.78. The van der Waals surface area contributed by atoms with E-state index < -0.39 is 10.8 Å². The molecule has 0 atom stereocenters. The number of anilines is 3. The number of nitrogens with zero attached hydrogens (tertiary/aromatic N) is 4. The van der Waals surface area contributed by atoms with Crippen molar-refractivity contribution >= 4 is 34.7 Å². The van der Waals surface area contributed by atoms with Gasteiger partial charge in [0, 0.05) is 38.3 Å². The third-order valence-electron chi connectivity index (χ3n) is 5.25. The predicted molar refractivity (Wildman–Crippen MR) is 112 cm³/mol. The standard InChI is InChI=1S/C20H22N6O4/c27-19-13-25(10-7-21-19)18-6-3-14(12-22-18)23-20(28)16-11-15(26(29)30)4-5-17(16)24-8-1-2-9-24/h3-6,11-12H,1-2,7-10,13H2,(H,21,27)(H,23,28). The number of amides is 2. The molecule has 0 radical (unpaired) electrons. The minimum absolute atomic E-state index is 0.0551. The Bertz CT molecular complexity index is 972. The number of piperazine rings is 1. The second-order valence-electron chi connectivity index (χ2n) is 7.28. The number of pyridine rings is 1. The molecule has 30 heavy (non-hydrogen) atoms. The highest BCUT2D eigenvalue weighted by Crippen LogP contribution is 2.29. The Hall–Kier alpha value is -3.69. The summed E-state index contributed by atoms with van der Waals surface area (Å²) in [6.45, 7) is 3.10. The van der Waals surface area contributed by atoms with Crippen molar-refractivity contribution in [3.8, 4) is 0 Å². The number of hydrogen-bond donors (Lipinski definition) is 2. The number of nitrogens with one attached hydrogen (secondary N) is 2. The van der Waals surface area contributed by atoms with Gasteiger partial charge in [-0.1, -0.05) is 0 Å². The van der Waals surface area contributed by atoms with Gasteiger partial charge in [0.1, 0.15) is 5.82 Å². The molecule has 1 aromatic heterocycles. The SMILES string of the molecule is O=C1CN(c2ccc(NC(=O)c3cc([N+](=O)[O-])ccc3N3CCCC3)cn2)CCN1. The summed E-state index contributed by atoms with van der Waals surface area (Å²) < 4.78 is 0. The third kappa shape index (κ3) is 4.17. The Morgan fingerprint density at radius 1 is 1.13 bits per heavy atom. The maximum Gasteiger partial charge on any atom is 0.270 e. The number of hydrogen-bond acceptors (Lipinski definition) is 7. The number of nitro groups is 1. The van der Waals surface area contributed by atoms with Crippen LogP contribution >= 0.6 is 0 Å². The van der Waals surface area contributed by atoms with Crippen LogP contribution in [-0.4, -0.2) is 54.4 Å². The van der Waals surface area contributed by atoms with Crippen LogP contribution in [0.1, 0.15) is 23.2 Å². The normalized spacial score (nSPS) is 16.3. The van der Waals surface area contributed by atoms with Crippen LogP contribution < -0.4 is 20.4 Å². The van der Waals surface area contributed by atoms with E-state index in [1.165, 1.54) is 18.3 Å². The molecule has 2 amide bonds. The van der Waals surface area contributed by atoms with E-state index in [9.17, 15) is 19.7 Å². The maximum absolute atomic E-state index is 12.9. The van der Waals surface area contributed by atoms with Crippen molar-refractivity contribution in [3.63, 3.8) is 0 Å². The first-order valence-corrected chi connectivity index (χ1v) is 9.84. The van der Waals surface area contributed by atoms with Crippen LogP contribution in [0.25, 0.3) is 0 Å². The molecule has 1 aromatic carbocycles. The minimum Gasteiger partial charge on any atom is -0.371 e. The zero-order valence-electron chi connectivity index (χ0n) is 16.3. The van der Waals surface area contributed by atoms with E-state index in [4.69, 9.17) is 0 Å². The number of carbonyl (C=O) groups excluding carboxylic acids is 2. The van der Waals surface area contributed by atoms with Gasteiger partial charge < -0.3 is 20.4 Å². The molecular weight excluding hydrogens is 388 g/mol. The number of rotatable bonds is 5. The molecule has 2 N–H and O–H groups in total. The van der Waals surface area contributed by atoms with E-state index >= 15 is 0 Å². The van der Waals surface area contributed by atoms with Crippen molar-refractivity contribution in [1.82, 2.24) is 10.3 Å². The van der Waals surface area contributed by atoms with Crippen LogP contribution in [0.15, 0.2) is 36.5 Å². The molecule has 0 spiro atoms. The minimum atomic E-state index is -0.504. The Balaban J connectivity index is 1.53. The van der Waals surface area contributed by atoms with Gasteiger partial charge in [0.2, 0.25) is 5.91 Å². The summed E-state index contributed by atoms with van der Waals surface area (Å²) in [4.78, 5) is 43.4. The summed E-state index contributed by atoms with van der Waals surface area (Å²) in [6.07, 6.45) is 3.57. The highest BCUT2D eigenvalue weighted by atomic mass is 16.6. The van der Waals surface area contributed by atoms with Crippen LogP contribution in [0.4, 0.5) is 22.9 Å². The molecule has 2 aromatic rings. The van der Waals surface area contributed by atoms with E-state index in [0.29, 0.717) is 30.3 Å². The first kappa shape index (κ1) is 19.6. The van der Waals surface area contributed by atoms with Gasteiger partial charge in [-0.25, -0.2) is 4.98 Å². The zero-order valence-corrected chi connectivity index (χ0v) is 16.3. The summed E-state index contributed by atoms with van der Waals surface area (Å²) in [5.74, 6) is 0.170. The van der Waals surface area contributed by atoms with E-state index in [1.807, 2.05) is 4.90 Å². The fraction of sp³-hybridized carbons (Fsp3) is 0.350. The average molecular weight is 410 g/mol. The Morgan fingerprint density at radius 2 is 1.93 bits per heavy atom. The third-order valence-corrected chi connectivity index (χ3v) is 5.25. The van der Waals surface area contributed by atoms with E-state index in [0.717, 1.165) is 25.9 Å². The molecule has 2 saturated heterocycles. The van der Waals surface area contributed by atoms with Gasteiger partial charge in [-0.05, 0) is 31.0 Å². The van der Waals surface area contributed by atoms with Gasteiger partial charge in [-0.2, -0.15) is 0 Å². The van der Waals surface area contributed by atoms with Crippen molar-refractivity contribution in [2.75, 3.05) is 47.8 Å². The number of aromatic nitrogens is 1. The van der Waals surface area contributed by atoms with E-state index in [-0.39, 0.29) is 23.7 Å². The molecule has 10 heteroatoms. The first-order valence-electron chi connectivity index (χ1n) is 9.84. The fourth-order valence-corrected chi connectivity index (χ4v) is 3.73. The van der Waals surface area contributed by atoms with Crippen LogP contribution in [0.3, 0.4) is 0 Å². The molecule has 2 aliphatic heterocycles. The van der Waals surface area contributed by atoms with Crippen molar-refractivity contribution < 1.29 is 14.5 Å². The van der Waals surface area contributed by atoms with Crippen LogP contribution in [0.2, 0.25) is 0 Å². The summed E-state index contributed by atoms with van der Waals surface area (Å²) in [6, 6.07) is 7.83. The highest BCUT2D eigenvalue weighted by molar-refractivity contribution is 6.08. The summed E-state index contributed by atoms with van der Waals surface area (Å²) in [7, 11) is 0. The first-order chi connectivity index (χ1) is 14.5. The summed E-state index contributed by atoms with van der Waals surface area (Å²) in [5.41, 5.74) is 1.31. The molecular formula is C20H22N6O4. The van der Waals surface area contributed by atoms with Crippen molar-refractivity contribution in [3.05, 3.63) is 52.2 Å². The molecule has 156 valence electrons. The fourth-order valence-electron chi connectivity index (χ4n) is 3.73. The molecule has 10 nitrogen and oxygen atoms in total. The molecule has 2 fully saturated rings. The topological polar surface area (TPSA) is 121 Å². The lowest BCUT2D eigenvalue weighted by Gasteiger charge is -2.27. The van der Waals surface area contributed by atoms with Gasteiger partial charge in [0.25, 0.3) is 11.6 Å². The Morgan fingerprint density at radius 3 is 2.60 bits per heavy atom. The van der Waals surface area contributed by atoms with Gasteiger partial charge in [-0.3, -0.25) is 19.7 Å². The van der Waals surface area contributed by atoms with Crippen molar-refractivity contribution in [2.24, 2.45) is 0 Å². The molecule has 0 saturated carbocycles. The van der Waals surface area contributed by atoms with Crippen LogP contribution in [-0.2, 0) is 4.79 Å². The zero-order chi connectivity index (χ0) is 21.1. The monoisotopic (exact) mass is 410 g/mol. The van der Waals surface area contributed by atoms with Crippen LogP contribution in [0.5, 0.6) is 0 Å². The molecule has 2 aliphatic rings. The maximum atomic E-state index is 12.9. The molecule has 4 rings (SSSR count). The lowest BCUT2D eigenvalue weighted by Crippen LogP contribution is -2.48. The second-order valence-corrected chi connectivity index (χ2v) is 7.28. The number of carbonyl (C=O) groups is 2. The smallest absolute Gasteiger partial charge is 0.270 e. The molecule has 0 aliphatic carbocycles. The van der Waals surface area contributed by atoms with Gasteiger partial charge in [0.05, 0.1) is 34.6 Å². The van der Waals surface area contributed by atoms with Gasteiger partial charge in [0.15, 0.2) is 0 Å². The summed E-state index contributed by atoms with van der Waals surface area (Å²) >= 11 is 0. The van der Waals surface area contributed by atoms with E-state index in [1.54, 1.807) is 18.2 Å². The number of nitro benzene ring substituents is 1. The average Bonchev–Trinajstić information content (AvgIpc) is 3.28. The Kier molecular flexibility index (Phi) is 5.46. The van der Waals surface area contributed by atoms with E-state index in [2.05, 4.69) is 20.5 Å². The molecule has 3 heterocycles. The van der Waals surface area contributed by atoms with Gasteiger partial charge in [-0.15, -0.1) is 0 Å². The summed E-state index contributed by atoms with van der Waals surface area (Å²) in [5, 5.41) is 16.7. The lowest BCUT2D eigenvalue weighted by molar-refractivity contribution is -0.384. The number of non-ortho nitro benzene ring substituents is 1. The second kappa shape index (κ2) is 8.36. The largest absolute Gasteiger partial charge is 0.371 e. The van der Waals surface area contributed by atoms with Gasteiger partial charge >= 0.3 is 0 Å². The molecule has 0 unspecified atom stereocenters. The molecule has 0 bridgehead atoms. The quantitative estimate of drug-likeness (QED) is 0.569. The van der Waals surface area contributed by atoms with Crippen molar-refractivity contribution in [2.45, 2.75) is 12.8 Å². The highest BCUT2D eigenvalue weighted by Gasteiger charge is 2.23. The number of benzene rings is 1. The van der Waals surface area contributed by atoms with Crippen LogP contribution in [0, 0.1) is 10.1 Å². The van der Waals surface area contributed by atoms with Crippen molar-refractivity contribution in [1.29, 1.82) is 0 Å². The lowest BCUT2D eigenvalue weighted by atomic mass is 10.1.